The van der Waals surface area contributed by atoms with E-state index in [1.807, 2.05) is 0 Å². The van der Waals surface area contributed by atoms with Crippen LogP contribution in [-0.4, -0.2) is 23.9 Å². The van der Waals surface area contributed by atoms with E-state index in [9.17, 15) is 14.9 Å². The maximum absolute atomic E-state index is 11.1. The number of hydrogen-bond donors (Lipinski definition) is 2. The molecule has 100 valence electrons. The normalized spacial score (nSPS) is 9.39. The molecule has 3 N–H and O–H groups in total. The first kappa shape index (κ1) is 16.3. The molecule has 0 unspecified atom stereocenters. The number of halogens is 1. The molecule has 0 aliphatic carbocycles. The van der Waals surface area contributed by atoms with Gasteiger partial charge in [0.05, 0.1) is 4.92 Å². The standard InChI is InChI=1S/C11H15N3O3.ClH/c12-7-5-11(15)13-8-6-9-3-1-2-4-10(9)14(16)17;/h1-4H,5-8,12H2,(H,13,15);1H. The highest BCUT2D eigenvalue weighted by Gasteiger charge is 2.11. The van der Waals surface area contributed by atoms with Crippen LogP contribution in [0.3, 0.4) is 0 Å². The van der Waals surface area contributed by atoms with Crippen LogP contribution in [-0.2, 0) is 11.2 Å². The van der Waals surface area contributed by atoms with Crippen LogP contribution >= 0.6 is 12.4 Å². The Bertz CT molecular complexity index is 412. The molecule has 0 saturated heterocycles. The Balaban J connectivity index is 0.00000289. The van der Waals surface area contributed by atoms with Crippen molar-refractivity contribution in [2.45, 2.75) is 12.8 Å². The van der Waals surface area contributed by atoms with Crippen molar-refractivity contribution in [3.8, 4) is 0 Å². The van der Waals surface area contributed by atoms with E-state index in [4.69, 9.17) is 5.73 Å². The second-order valence-corrected chi connectivity index (χ2v) is 3.52. The van der Waals surface area contributed by atoms with Crippen LogP contribution in [0.4, 0.5) is 5.69 Å². The number of nitro benzene ring substituents is 1. The van der Waals surface area contributed by atoms with E-state index in [1.54, 1.807) is 18.2 Å². The molecular formula is C11H16ClN3O3. The van der Waals surface area contributed by atoms with Gasteiger partial charge in [-0.3, -0.25) is 14.9 Å². The molecule has 0 fully saturated rings. The van der Waals surface area contributed by atoms with E-state index >= 15 is 0 Å². The topological polar surface area (TPSA) is 98.3 Å². The fraction of sp³-hybridized carbons (Fsp3) is 0.364. The third-order valence-electron chi connectivity index (χ3n) is 2.28. The predicted octanol–water partition coefficient (Wildman–Crippen LogP) is 1.02. The second kappa shape index (κ2) is 8.43. The molecule has 0 heterocycles. The van der Waals surface area contributed by atoms with Crippen LogP contribution in [0.15, 0.2) is 24.3 Å². The number of benzene rings is 1. The predicted molar refractivity (Wildman–Crippen MR) is 70.7 cm³/mol. The molecule has 0 bridgehead atoms. The first-order chi connectivity index (χ1) is 8.15. The summed E-state index contributed by atoms with van der Waals surface area (Å²) >= 11 is 0. The SMILES string of the molecule is Cl.NCCC(=O)NCCc1ccccc1[N+](=O)[O-]. The van der Waals surface area contributed by atoms with Crippen molar-refractivity contribution in [3.05, 3.63) is 39.9 Å². The number of hydrogen-bond acceptors (Lipinski definition) is 4. The van der Waals surface area contributed by atoms with Gasteiger partial charge >= 0.3 is 0 Å². The van der Waals surface area contributed by atoms with E-state index < -0.39 is 4.92 Å². The third-order valence-corrected chi connectivity index (χ3v) is 2.28. The Kier molecular flexibility index (Phi) is 7.66. The van der Waals surface area contributed by atoms with Crippen LogP contribution in [0, 0.1) is 10.1 Å². The number of nitrogens with one attached hydrogen (secondary N) is 1. The lowest BCUT2D eigenvalue weighted by Crippen LogP contribution is -2.27. The van der Waals surface area contributed by atoms with Gasteiger partial charge in [0.25, 0.3) is 5.69 Å². The van der Waals surface area contributed by atoms with E-state index in [1.165, 1.54) is 6.07 Å². The minimum absolute atomic E-state index is 0. The van der Waals surface area contributed by atoms with Crippen molar-refractivity contribution in [2.75, 3.05) is 13.1 Å². The summed E-state index contributed by atoms with van der Waals surface area (Å²) in [6.07, 6.45) is 0.713. The van der Waals surface area contributed by atoms with E-state index in [0.717, 1.165) is 0 Å². The van der Waals surface area contributed by atoms with Crippen LogP contribution < -0.4 is 11.1 Å². The number of para-hydroxylation sites is 1. The van der Waals surface area contributed by atoms with Gasteiger partial charge < -0.3 is 11.1 Å². The summed E-state index contributed by atoms with van der Waals surface area (Å²) in [4.78, 5) is 21.4. The second-order valence-electron chi connectivity index (χ2n) is 3.52. The fourth-order valence-electron chi connectivity index (χ4n) is 1.46. The van der Waals surface area contributed by atoms with Gasteiger partial charge in [0.15, 0.2) is 0 Å². The van der Waals surface area contributed by atoms with E-state index in [0.29, 0.717) is 25.1 Å². The molecule has 0 spiro atoms. The Morgan fingerprint density at radius 1 is 1.39 bits per heavy atom. The maximum Gasteiger partial charge on any atom is 0.272 e. The summed E-state index contributed by atoms with van der Waals surface area (Å²) in [6.45, 7) is 0.682. The van der Waals surface area contributed by atoms with Gasteiger partial charge in [-0.25, -0.2) is 0 Å². The van der Waals surface area contributed by atoms with E-state index in [-0.39, 0.29) is 30.4 Å². The molecule has 1 aromatic rings. The summed E-state index contributed by atoms with van der Waals surface area (Å²) in [6, 6.07) is 6.50. The molecule has 0 aromatic heterocycles. The number of amides is 1. The van der Waals surface area contributed by atoms with Crippen molar-refractivity contribution < 1.29 is 9.72 Å². The highest BCUT2D eigenvalue weighted by atomic mass is 35.5. The van der Waals surface area contributed by atoms with E-state index in [2.05, 4.69) is 5.32 Å². The maximum atomic E-state index is 11.1. The Hall–Kier alpha value is -1.66. The number of nitrogens with zero attached hydrogens (tertiary/aromatic N) is 1. The Morgan fingerprint density at radius 2 is 2.06 bits per heavy atom. The first-order valence-corrected chi connectivity index (χ1v) is 5.34. The molecule has 6 nitrogen and oxygen atoms in total. The molecule has 0 atom stereocenters. The average Bonchev–Trinajstić information content (AvgIpc) is 2.30. The number of rotatable bonds is 6. The minimum Gasteiger partial charge on any atom is -0.356 e. The van der Waals surface area contributed by atoms with Crippen LogP contribution in [0.1, 0.15) is 12.0 Å². The first-order valence-electron chi connectivity index (χ1n) is 5.34. The molecule has 0 radical (unpaired) electrons. The van der Waals surface area contributed by atoms with Crippen molar-refractivity contribution in [2.24, 2.45) is 5.73 Å². The lowest BCUT2D eigenvalue weighted by molar-refractivity contribution is -0.385. The van der Waals surface area contributed by atoms with Gasteiger partial charge in [-0.1, -0.05) is 18.2 Å². The number of carbonyl (C=O) groups is 1. The molecule has 0 aliphatic rings. The van der Waals surface area contributed by atoms with Gasteiger partial charge in [0, 0.05) is 31.1 Å². The molecular weight excluding hydrogens is 258 g/mol. The zero-order valence-corrected chi connectivity index (χ0v) is 10.6. The fourth-order valence-corrected chi connectivity index (χ4v) is 1.46. The molecule has 7 heteroatoms. The lowest BCUT2D eigenvalue weighted by Gasteiger charge is -2.04. The smallest absolute Gasteiger partial charge is 0.272 e. The number of nitro groups is 1. The zero-order valence-electron chi connectivity index (χ0n) is 9.80. The largest absolute Gasteiger partial charge is 0.356 e. The summed E-state index contributed by atoms with van der Waals surface area (Å²) in [5.74, 6) is -0.133. The quantitative estimate of drug-likeness (QED) is 0.597. The van der Waals surface area contributed by atoms with Crippen molar-refractivity contribution in [3.63, 3.8) is 0 Å². The molecule has 1 rings (SSSR count). The van der Waals surface area contributed by atoms with Crippen molar-refractivity contribution in [1.82, 2.24) is 5.32 Å². The monoisotopic (exact) mass is 273 g/mol. The molecule has 1 aromatic carbocycles. The van der Waals surface area contributed by atoms with Crippen molar-refractivity contribution >= 4 is 24.0 Å². The number of carbonyl (C=O) groups excluding carboxylic acids is 1. The zero-order chi connectivity index (χ0) is 12.7. The minimum atomic E-state index is -0.420. The van der Waals surface area contributed by atoms with Crippen molar-refractivity contribution in [1.29, 1.82) is 0 Å². The van der Waals surface area contributed by atoms with Crippen LogP contribution in [0.5, 0.6) is 0 Å². The summed E-state index contributed by atoms with van der Waals surface area (Å²) in [7, 11) is 0. The van der Waals surface area contributed by atoms with Gasteiger partial charge in [-0.2, -0.15) is 0 Å². The van der Waals surface area contributed by atoms with Crippen LogP contribution in [0.25, 0.3) is 0 Å². The summed E-state index contributed by atoms with van der Waals surface area (Å²) in [5, 5.41) is 13.4. The van der Waals surface area contributed by atoms with Gasteiger partial charge in [0.1, 0.15) is 0 Å². The highest BCUT2D eigenvalue weighted by molar-refractivity contribution is 5.85. The van der Waals surface area contributed by atoms with Gasteiger partial charge in [-0.05, 0) is 6.42 Å². The molecule has 1 amide bonds. The lowest BCUT2D eigenvalue weighted by atomic mass is 10.1. The summed E-state index contributed by atoms with van der Waals surface area (Å²) < 4.78 is 0. The van der Waals surface area contributed by atoms with Crippen LogP contribution in [0.2, 0.25) is 0 Å². The average molecular weight is 274 g/mol. The summed E-state index contributed by atoms with van der Waals surface area (Å²) in [5.41, 5.74) is 5.93. The third kappa shape index (κ3) is 5.11. The molecule has 0 saturated carbocycles. The molecule has 0 aliphatic heterocycles. The Labute approximate surface area is 111 Å². The molecule has 18 heavy (non-hydrogen) atoms. The van der Waals surface area contributed by atoms with Gasteiger partial charge in [-0.15, -0.1) is 12.4 Å². The van der Waals surface area contributed by atoms with Gasteiger partial charge in [0.2, 0.25) is 5.91 Å². The highest BCUT2D eigenvalue weighted by Crippen LogP contribution is 2.17. The Morgan fingerprint density at radius 3 is 2.67 bits per heavy atom. The number of nitrogens with two attached hydrogens (primary N) is 1.